The van der Waals surface area contributed by atoms with Gasteiger partial charge in [0, 0.05) is 19.6 Å². The van der Waals surface area contributed by atoms with Crippen molar-refractivity contribution in [1.82, 2.24) is 30.1 Å². The van der Waals surface area contributed by atoms with Crippen molar-refractivity contribution in [3.05, 3.63) is 29.2 Å². The van der Waals surface area contributed by atoms with Crippen LogP contribution in [-0.2, 0) is 24.2 Å². The van der Waals surface area contributed by atoms with Crippen LogP contribution in [0.3, 0.4) is 0 Å². The number of rotatable bonds is 8. The molecule has 0 aliphatic carbocycles. The molecule has 0 saturated heterocycles. The minimum Gasteiger partial charge on any atom is -0.444 e. The van der Waals surface area contributed by atoms with E-state index < -0.39 is 11.7 Å². The molecular formula is C22H34N6O4. The van der Waals surface area contributed by atoms with Crippen molar-refractivity contribution in [3.8, 4) is 0 Å². The molecular weight excluding hydrogens is 412 g/mol. The molecule has 0 aromatic carbocycles. The van der Waals surface area contributed by atoms with Crippen LogP contribution in [0.2, 0.25) is 0 Å². The maximum Gasteiger partial charge on any atom is 0.407 e. The van der Waals surface area contributed by atoms with Gasteiger partial charge in [0.15, 0.2) is 5.82 Å². The lowest BCUT2D eigenvalue weighted by atomic mass is 9.94. The van der Waals surface area contributed by atoms with Gasteiger partial charge in [-0.3, -0.25) is 9.48 Å². The van der Waals surface area contributed by atoms with Crippen LogP contribution in [0.4, 0.5) is 4.79 Å². The molecule has 0 fully saturated rings. The second-order valence-corrected chi connectivity index (χ2v) is 9.29. The molecule has 1 unspecified atom stereocenters. The van der Waals surface area contributed by atoms with E-state index in [9.17, 15) is 9.59 Å². The fourth-order valence-electron chi connectivity index (χ4n) is 3.73. The minimum absolute atomic E-state index is 0.0868. The number of amides is 2. The van der Waals surface area contributed by atoms with E-state index in [1.54, 1.807) is 18.0 Å². The second-order valence-electron chi connectivity index (χ2n) is 9.29. The lowest BCUT2D eigenvalue weighted by Crippen LogP contribution is -2.37. The third kappa shape index (κ3) is 6.30. The Morgan fingerprint density at radius 2 is 2.16 bits per heavy atom. The van der Waals surface area contributed by atoms with Crippen molar-refractivity contribution in [2.75, 3.05) is 13.1 Å². The van der Waals surface area contributed by atoms with Crippen LogP contribution < -0.4 is 5.32 Å². The summed E-state index contributed by atoms with van der Waals surface area (Å²) in [6.45, 7) is 11.4. The maximum absolute atomic E-state index is 13.4. The summed E-state index contributed by atoms with van der Waals surface area (Å²) in [7, 11) is 0. The van der Waals surface area contributed by atoms with Crippen LogP contribution in [-0.4, -0.2) is 55.5 Å². The highest BCUT2D eigenvalue weighted by molar-refractivity contribution is 5.95. The number of aryl methyl sites for hydroxylation is 2. The first kappa shape index (κ1) is 23.7. The van der Waals surface area contributed by atoms with Crippen LogP contribution in [0.15, 0.2) is 10.7 Å². The molecule has 0 spiro atoms. The Labute approximate surface area is 188 Å². The Morgan fingerprint density at radius 3 is 2.81 bits per heavy atom. The van der Waals surface area contributed by atoms with Gasteiger partial charge in [0.2, 0.25) is 5.89 Å². The predicted molar refractivity (Wildman–Crippen MR) is 117 cm³/mol. The van der Waals surface area contributed by atoms with Crippen molar-refractivity contribution >= 4 is 12.0 Å². The number of ether oxygens (including phenoxy) is 1. The van der Waals surface area contributed by atoms with E-state index in [1.807, 2.05) is 25.5 Å². The highest BCUT2D eigenvalue weighted by Gasteiger charge is 2.29. The average molecular weight is 447 g/mol. The molecule has 1 aliphatic rings. The first-order valence-corrected chi connectivity index (χ1v) is 11.3. The molecule has 32 heavy (non-hydrogen) atoms. The molecule has 1 aliphatic heterocycles. The van der Waals surface area contributed by atoms with Crippen LogP contribution in [0.5, 0.6) is 0 Å². The predicted octanol–water partition coefficient (Wildman–Crippen LogP) is 3.10. The van der Waals surface area contributed by atoms with Gasteiger partial charge < -0.3 is 19.5 Å². The molecule has 2 aromatic rings. The Morgan fingerprint density at radius 1 is 1.38 bits per heavy atom. The fraction of sp³-hybridized carbons (Fsp3) is 0.682. The molecule has 0 bridgehead atoms. The maximum atomic E-state index is 13.4. The van der Waals surface area contributed by atoms with Gasteiger partial charge in [-0.1, -0.05) is 18.5 Å². The second kappa shape index (κ2) is 10.1. The zero-order valence-corrected chi connectivity index (χ0v) is 19.7. The molecule has 1 atom stereocenters. The molecule has 0 saturated carbocycles. The monoisotopic (exact) mass is 446 g/mol. The number of aromatic nitrogens is 4. The highest BCUT2D eigenvalue weighted by Crippen LogP contribution is 2.24. The van der Waals surface area contributed by atoms with Crippen molar-refractivity contribution < 1.29 is 18.8 Å². The topological polar surface area (TPSA) is 115 Å². The molecule has 1 N–H and O–H groups in total. The van der Waals surface area contributed by atoms with E-state index in [0.717, 1.165) is 25.0 Å². The van der Waals surface area contributed by atoms with Crippen LogP contribution in [0.1, 0.15) is 74.7 Å². The summed E-state index contributed by atoms with van der Waals surface area (Å²) in [5, 5.41) is 11.1. The third-order valence-electron chi connectivity index (χ3n) is 5.31. The average Bonchev–Trinajstić information content (AvgIpc) is 3.33. The lowest BCUT2D eigenvalue weighted by Gasteiger charge is -2.26. The largest absolute Gasteiger partial charge is 0.444 e. The normalized spacial score (nSPS) is 15.8. The number of hydrogen-bond acceptors (Lipinski definition) is 7. The summed E-state index contributed by atoms with van der Waals surface area (Å²) in [5.74, 6) is 1.09. The molecule has 10 heteroatoms. The molecule has 10 nitrogen and oxygen atoms in total. The van der Waals surface area contributed by atoms with E-state index in [-0.39, 0.29) is 18.4 Å². The number of hydrogen-bond donors (Lipinski definition) is 1. The summed E-state index contributed by atoms with van der Waals surface area (Å²) >= 11 is 0. The van der Waals surface area contributed by atoms with Gasteiger partial charge >= 0.3 is 6.09 Å². The quantitative estimate of drug-likeness (QED) is 0.662. The van der Waals surface area contributed by atoms with Crippen LogP contribution in [0, 0.1) is 12.8 Å². The number of fused-ring (bicyclic) bond motifs is 1. The first-order valence-electron chi connectivity index (χ1n) is 11.3. The zero-order valence-electron chi connectivity index (χ0n) is 19.7. The van der Waals surface area contributed by atoms with Crippen molar-refractivity contribution in [2.45, 2.75) is 79.0 Å². The zero-order chi connectivity index (χ0) is 23.3. The minimum atomic E-state index is -0.534. The van der Waals surface area contributed by atoms with E-state index in [4.69, 9.17) is 9.26 Å². The van der Waals surface area contributed by atoms with Gasteiger partial charge in [0.1, 0.15) is 12.1 Å². The van der Waals surface area contributed by atoms with Gasteiger partial charge in [-0.05, 0) is 52.9 Å². The number of unbranched alkanes of at least 4 members (excludes halogenated alkanes) is 1. The van der Waals surface area contributed by atoms with Gasteiger partial charge in [0.05, 0.1) is 17.5 Å². The van der Waals surface area contributed by atoms with Crippen molar-refractivity contribution in [1.29, 1.82) is 0 Å². The summed E-state index contributed by atoms with van der Waals surface area (Å²) in [6.07, 6.45) is 4.62. The molecule has 176 valence electrons. The molecule has 3 rings (SSSR count). The fourth-order valence-corrected chi connectivity index (χ4v) is 3.73. The van der Waals surface area contributed by atoms with Gasteiger partial charge in [0.25, 0.3) is 5.91 Å². The summed E-state index contributed by atoms with van der Waals surface area (Å²) in [4.78, 5) is 31.4. The smallest absolute Gasteiger partial charge is 0.407 e. The van der Waals surface area contributed by atoms with Crippen molar-refractivity contribution in [3.63, 3.8) is 0 Å². The Hall–Kier alpha value is -2.91. The first-order chi connectivity index (χ1) is 15.2. The Bertz CT molecular complexity index is 929. The molecule has 0 radical (unpaired) electrons. The van der Waals surface area contributed by atoms with Gasteiger partial charge in [-0.25, -0.2) is 4.79 Å². The van der Waals surface area contributed by atoms with E-state index in [1.165, 1.54) is 0 Å². The SMILES string of the molecule is CCCCN(Cc1nc(C)no1)C(=O)c1cnn2c1CC(CNC(=O)OC(C)(C)C)CC2. The van der Waals surface area contributed by atoms with E-state index in [2.05, 4.69) is 27.5 Å². The summed E-state index contributed by atoms with van der Waals surface area (Å²) in [6, 6.07) is 0. The molecule has 3 heterocycles. The van der Waals surface area contributed by atoms with E-state index in [0.29, 0.717) is 43.3 Å². The number of nitrogens with one attached hydrogen (secondary N) is 1. The Kier molecular flexibility index (Phi) is 7.52. The number of carbonyl (C=O) groups is 2. The number of carbonyl (C=O) groups excluding carboxylic acids is 2. The standard InChI is InChI=1S/C22H34N6O4/c1-6-7-9-27(14-19-25-15(2)26-32-19)20(29)17-13-24-28-10-8-16(11-18(17)28)12-23-21(30)31-22(3,4)5/h13,16H,6-12,14H2,1-5H3,(H,23,30). The van der Waals surface area contributed by atoms with E-state index >= 15 is 0 Å². The number of alkyl carbamates (subject to hydrolysis) is 1. The third-order valence-corrected chi connectivity index (χ3v) is 5.31. The summed E-state index contributed by atoms with van der Waals surface area (Å²) in [5.41, 5.74) is 0.966. The van der Waals surface area contributed by atoms with Gasteiger partial charge in [-0.15, -0.1) is 0 Å². The Balaban J connectivity index is 1.68. The van der Waals surface area contributed by atoms with Gasteiger partial charge in [-0.2, -0.15) is 10.1 Å². The highest BCUT2D eigenvalue weighted by atomic mass is 16.6. The molecule has 2 amide bonds. The lowest BCUT2D eigenvalue weighted by molar-refractivity contribution is 0.0515. The molecule has 2 aromatic heterocycles. The van der Waals surface area contributed by atoms with Crippen LogP contribution >= 0.6 is 0 Å². The number of nitrogens with zero attached hydrogens (tertiary/aromatic N) is 5. The van der Waals surface area contributed by atoms with Crippen molar-refractivity contribution in [2.24, 2.45) is 5.92 Å². The summed E-state index contributed by atoms with van der Waals surface area (Å²) < 4.78 is 12.5. The van der Waals surface area contributed by atoms with Crippen LogP contribution in [0.25, 0.3) is 0 Å².